The third-order valence-corrected chi connectivity index (χ3v) is 2.83. The average Bonchev–Trinajstić information content (AvgIpc) is 2.41. The molecule has 0 spiro atoms. The minimum Gasteiger partial charge on any atom is -0.493 e. The number of methoxy groups -OCH3 is 1. The second-order valence-corrected chi connectivity index (χ2v) is 5.10. The number of hydrogen-bond donors (Lipinski definition) is 2. The van der Waals surface area contributed by atoms with Crippen LogP contribution in [0.3, 0.4) is 0 Å². The molecule has 5 nitrogen and oxygen atoms in total. The predicted octanol–water partition coefficient (Wildman–Crippen LogP) is 1.69. The number of nitrogens with one attached hydrogen (secondary N) is 1. The molecule has 1 aromatic carbocycles. The summed E-state index contributed by atoms with van der Waals surface area (Å²) < 4.78 is 10.5. The summed E-state index contributed by atoms with van der Waals surface area (Å²) in [6.07, 6.45) is 1.15. The fourth-order valence-electron chi connectivity index (χ4n) is 1.71. The maximum Gasteiger partial charge on any atom is 0.255 e. The van der Waals surface area contributed by atoms with Gasteiger partial charge in [-0.1, -0.05) is 19.9 Å². The molecule has 0 saturated carbocycles. The first-order chi connectivity index (χ1) is 9.52. The molecule has 0 aliphatic carbocycles. The molecular weight excluding hydrogens is 256 g/mol. The minimum atomic E-state index is -0.508. The number of carbonyl (C=O) groups is 1. The van der Waals surface area contributed by atoms with Crippen LogP contribution in [0.2, 0.25) is 0 Å². The Morgan fingerprint density at radius 3 is 2.70 bits per heavy atom. The largest absolute Gasteiger partial charge is 0.493 e. The Morgan fingerprint density at radius 2 is 2.10 bits per heavy atom. The summed E-state index contributed by atoms with van der Waals surface area (Å²) in [5.74, 6) is 1.32. The van der Waals surface area contributed by atoms with E-state index in [1.165, 1.54) is 0 Å². The Bertz CT molecular complexity index is 433. The Morgan fingerprint density at radius 1 is 1.35 bits per heavy atom. The highest BCUT2D eigenvalue weighted by atomic mass is 16.5. The number of ether oxygens (including phenoxy) is 2. The van der Waals surface area contributed by atoms with Crippen LogP contribution in [0.5, 0.6) is 11.5 Å². The molecular formula is C15H24N2O3. The first kappa shape index (κ1) is 16.3. The molecule has 0 atom stereocenters. The Balaban J connectivity index is 2.55. The molecule has 0 bridgehead atoms. The van der Waals surface area contributed by atoms with Crippen LogP contribution in [-0.4, -0.2) is 26.2 Å². The summed E-state index contributed by atoms with van der Waals surface area (Å²) in [4.78, 5) is 10.7. The summed E-state index contributed by atoms with van der Waals surface area (Å²) in [6, 6.07) is 5.64. The average molecular weight is 280 g/mol. The highest BCUT2D eigenvalue weighted by molar-refractivity contribution is 5.75. The van der Waals surface area contributed by atoms with E-state index in [-0.39, 0.29) is 6.61 Å². The smallest absolute Gasteiger partial charge is 0.255 e. The van der Waals surface area contributed by atoms with Gasteiger partial charge in [0.1, 0.15) is 0 Å². The van der Waals surface area contributed by atoms with E-state index in [1.54, 1.807) is 13.2 Å². The van der Waals surface area contributed by atoms with Crippen molar-refractivity contribution >= 4 is 5.91 Å². The van der Waals surface area contributed by atoms with Crippen molar-refractivity contribution in [2.24, 2.45) is 11.7 Å². The van der Waals surface area contributed by atoms with E-state index in [2.05, 4.69) is 19.2 Å². The topological polar surface area (TPSA) is 73.6 Å². The van der Waals surface area contributed by atoms with Gasteiger partial charge in [0.15, 0.2) is 18.1 Å². The van der Waals surface area contributed by atoms with Gasteiger partial charge in [-0.05, 0) is 36.6 Å². The van der Waals surface area contributed by atoms with Gasteiger partial charge in [-0.2, -0.15) is 0 Å². The summed E-state index contributed by atoms with van der Waals surface area (Å²) >= 11 is 0. The molecule has 112 valence electrons. The van der Waals surface area contributed by atoms with E-state index in [4.69, 9.17) is 15.2 Å². The van der Waals surface area contributed by atoms with Crippen molar-refractivity contribution in [3.8, 4) is 11.5 Å². The maximum atomic E-state index is 10.7. The second kappa shape index (κ2) is 8.43. The van der Waals surface area contributed by atoms with Crippen molar-refractivity contribution < 1.29 is 14.3 Å². The van der Waals surface area contributed by atoms with Crippen molar-refractivity contribution in [2.45, 2.75) is 26.8 Å². The normalized spacial score (nSPS) is 10.6. The van der Waals surface area contributed by atoms with Gasteiger partial charge in [-0.15, -0.1) is 0 Å². The molecule has 5 heteroatoms. The Hall–Kier alpha value is -1.75. The fourth-order valence-corrected chi connectivity index (χ4v) is 1.71. The van der Waals surface area contributed by atoms with Crippen LogP contribution in [0.15, 0.2) is 18.2 Å². The number of amides is 1. The van der Waals surface area contributed by atoms with E-state index < -0.39 is 5.91 Å². The van der Waals surface area contributed by atoms with Crippen molar-refractivity contribution in [2.75, 3.05) is 20.3 Å². The van der Waals surface area contributed by atoms with Gasteiger partial charge in [-0.25, -0.2) is 0 Å². The highest BCUT2D eigenvalue weighted by Crippen LogP contribution is 2.27. The summed E-state index contributed by atoms with van der Waals surface area (Å²) in [5, 5.41) is 3.38. The van der Waals surface area contributed by atoms with Crippen LogP contribution in [0.1, 0.15) is 25.8 Å². The number of hydrogen-bond acceptors (Lipinski definition) is 4. The van der Waals surface area contributed by atoms with Crippen LogP contribution in [0, 0.1) is 5.92 Å². The molecule has 0 saturated heterocycles. The lowest BCUT2D eigenvalue weighted by Crippen LogP contribution is -2.20. The van der Waals surface area contributed by atoms with Crippen LogP contribution in [-0.2, 0) is 11.3 Å². The standard InChI is InChI=1S/C15H24N2O3/c1-11(2)6-7-17-9-12-4-5-13(14(8-12)19-3)20-10-15(16)18/h4-5,8,11,17H,6-7,9-10H2,1-3H3,(H2,16,18). The maximum absolute atomic E-state index is 10.7. The number of nitrogens with two attached hydrogens (primary N) is 1. The Labute approximate surface area is 120 Å². The molecule has 1 rings (SSSR count). The first-order valence-corrected chi connectivity index (χ1v) is 6.81. The number of primary amides is 1. The van der Waals surface area contributed by atoms with Crippen LogP contribution in [0.25, 0.3) is 0 Å². The lowest BCUT2D eigenvalue weighted by molar-refractivity contribution is -0.119. The van der Waals surface area contributed by atoms with Crippen LogP contribution in [0.4, 0.5) is 0 Å². The molecule has 0 radical (unpaired) electrons. The molecule has 0 fully saturated rings. The zero-order valence-corrected chi connectivity index (χ0v) is 12.4. The van der Waals surface area contributed by atoms with E-state index in [9.17, 15) is 4.79 Å². The molecule has 0 aromatic heterocycles. The van der Waals surface area contributed by atoms with Crippen molar-refractivity contribution in [1.29, 1.82) is 0 Å². The van der Waals surface area contributed by atoms with Gasteiger partial charge >= 0.3 is 0 Å². The quantitative estimate of drug-likeness (QED) is 0.675. The van der Waals surface area contributed by atoms with Gasteiger partial charge in [0, 0.05) is 6.54 Å². The van der Waals surface area contributed by atoms with Gasteiger partial charge < -0.3 is 20.5 Å². The third kappa shape index (κ3) is 5.93. The van der Waals surface area contributed by atoms with Crippen molar-refractivity contribution in [1.82, 2.24) is 5.32 Å². The fraction of sp³-hybridized carbons (Fsp3) is 0.533. The van der Waals surface area contributed by atoms with E-state index in [1.807, 2.05) is 12.1 Å². The highest BCUT2D eigenvalue weighted by Gasteiger charge is 2.07. The number of benzene rings is 1. The third-order valence-electron chi connectivity index (χ3n) is 2.83. The van der Waals surface area contributed by atoms with Gasteiger partial charge in [-0.3, -0.25) is 4.79 Å². The SMILES string of the molecule is COc1cc(CNCCC(C)C)ccc1OCC(N)=O. The Kier molecular flexibility index (Phi) is 6.87. The molecule has 0 unspecified atom stereocenters. The second-order valence-electron chi connectivity index (χ2n) is 5.10. The molecule has 1 amide bonds. The lowest BCUT2D eigenvalue weighted by atomic mass is 10.1. The zero-order chi connectivity index (χ0) is 15.0. The molecule has 1 aromatic rings. The molecule has 3 N–H and O–H groups in total. The summed E-state index contributed by atoms with van der Waals surface area (Å²) in [7, 11) is 1.57. The number of rotatable bonds is 9. The van der Waals surface area contributed by atoms with Crippen molar-refractivity contribution in [3.63, 3.8) is 0 Å². The predicted molar refractivity (Wildman–Crippen MR) is 78.8 cm³/mol. The van der Waals surface area contributed by atoms with Crippen molar-refractivity contribution in [3.05, 3.63) is 23.8 Å². The van der Waals surface area contributed by atoms with Gasteiger partial charge in [0.2, 0.25) is 0 Å². The molecule has 0 heterocycles. The van der Waals surface area contributed by atoms with Crippen LogP contribution < -0.4 is 20.5 Å². The summed E-state index contributed by atoms with van der Waals surface area (Å²) in [5.41, 5.74) is 6.16. The van der Waals surface area contributed by atoms with Gasteiger partial charge in [0.05, 0.1) is 7.11 Å². The van der Waals surface area contributed by atoms with E-state index >= 15 is 0 Å². The van der Waals surface area contributed by atoms with E-state index in [0.717, 1.165) is 25.1 Å². The molecule has 0 aliphatic heterocycles. The van der Waals surface area contributed by atoms with Gasteiger partial charge in [0.25, 0.3) is 5.91 Å². The van der Waals surface area contributed by atoms with E-state index in [0.29, 0.717) is 17.4 Å². The lowest BCUT2D eigenvalue weighted by Gasteiger charge is -2.12. The summed E-state index contributed by atoms with van der Waals surface area (Å²) in [6.45, 7) is 6.02. The molecule has 20 heavy (non-hydrogen) atoms. The zero-order valence-electron chi connectivity index (χ0n) is 12.4. The first-order valence-electron chi connectivity index (χ1n) is 6.81. The number of carbonyl (C=O) groups excluding carboxylic acids is 1. The molecule has 0 aliphatic rings. The van der Waals surface area contributed by atoms with Crippen LogP contribution >= 0.6 is 0 Å². The monoisotopic (exact) mass is 280 g/mol. The minimum absolute atomic E-state index is 0.150.